The highest BCUT2D eigenvalue weighted by atomic mass is 32.2. The highest BCUT2D eigenvalue weighted by Gasteiger charge is 2.33. The van der Waals surface area contributed by atoms with Crippen LogP contribution in [0.1, 0.15) is 26.2 Å². The van der Waals surface area contributed by atoms with E-state index in [9.17, 15) is 12.8 Å². The molecule has 4 nitrogen and oxygen atoms in total. The van der Waals surface area contributed by atoms with Gasteiger partial charge in [-0.1, -0.05) is 13.3 Å². The smallest absolute Gasteiger partial charge is 0.240 e. The Hall–Kier alpha value is -1.14. The van der Waals surface area contributed by atoms with Crippen LogP contribution in [-0.2, 0) is 10.0 Å². The number of sulfonamides is 1. The first kappa shape index (κ1) is 13.3. The van der Waals surface area contributed by atoms with E-state index in [0.717, 1.165) is 31.4 Å². The zero-order chi connectivity index (χ0) is 13.4. The largest absolute Gasteiger partial charge is 0.399 e. The summed E-state index contributed by atoms with van der Waals surface area (Å²) >= 11 is 0. The summed E-state index contributed by atoms with van der Waals surface area (Å²) in [5.41, 5.74) is 5.58. The standard InChI is InChI=1S/C12H17FN2O2S/c1-12(3-2-4-12)8-15-18(16,17)11-6-9(13)5-10(14)7-11/h5-7,15H,2-4,8,14H2,1H3. The zero-order valence-corrected chi connectivity index (χ0v) is 11.1. The Kier molecular flexibility index (Phi) is 3.33. The Morgan fingerprint density at radius 2 is 2.06 bits per heavy atom. The molecule has 0 aliphatic heterocycles. The number of hydrogen-bond donors (Lipinski definition) is 2. The van der Waals surface area contributed by atoms with Crippen LogP contribution < -0.4 is 10.5 Å². The van der Waals surface area contributed by atoms with Gasteiger partial charge in [0.25, 0.3) is 0 Å². The molecule has 0 spiro atoms. The summed E-state index contributed by atoms with van der Waals surface area (Å²) in [7, 11) is -3.68. The SMILES string of the molecule is CC1(CNS(=O)(=O)c2cc(N)cc(F)c2)CCC1. The van der Waals surface area contributed by atoms with Gasteiger partial charge in [0, 0.05) is 12.2 Å². The molecule has 1 fully saturated rings. The minimum atomic E-state index is -3.68. The average Bonchev–Trinajstić information content (AvgIpc) is 2.22. The van der Waals surface area contributed by atoms with Gasteiger partial charge in [-0.25, -0.2) is 17.5 Å². The van der Waals surface area contributed by atoms with Crippen molar-refractivity contribution >= 4 is 15.7 Å². The second-order valence-electron chi connectivity index (χ2n) is 5.21. The number of hydrogen-bond acceptors (Lipinski definition) is 3. The second kappa shape index (κ2) is 4.51. The van der Waals surface area contributed by atoms with E-state index in [2.05, 4.69) is 4.72 Å². The van der Waals surface area contributed by atoms with Crippen molar-refractivity contribution in [3.63, 3.8) is 0 Å². The van der Waals surface area contributed by atoms with Gasteiger partial charge in [0.2, 0.25) is 10.0 Å². The van der Waals surface area contributed by atoms with Gasteiger partial charge in [0.1, 0.15) is 5.82 Å². The van der Waals surface area contributed by atoms with Crippen molar-refractivity contribution in [2.75, 3.05) is 12.3 Å². The number of nitrogen functional groups attached to an aromatic ring is 1. The molecule has 18 heavy (non-hydrogen) atoms. The molecule has 0 unspecified atom stereocenters. The van der Waals surface area contributed by atoms with E-state index in [1.54, 1.807) is 0 Å². The Morgan fingerprint density at radius 1 is 1.39 bits per heavy atom. The molecule has 2 rings (SSSR count). The minimum Gasteiger partial charge on any atom is -0.399 e. The Balaban J connectivity index is 2.14. The zero-order valence-electron chi connectivity index (χ0n) is 10.2. The number of nitrogens with two attached hydrogens (primary N) is 1. The fraction of sp³-hybridized carbons (Fsp3) is 0.500. The van der Waals surface area contributed by atoms with Gasteiger partial charge in [-0.15, -0.1) is 0 Å². The summed E-state index contributed by atoms with van der Waals surface area (Å²) < 4.78 is 39.6. The molecular formula is C12H17FN2O2S. The number of anilines is 1. The molecule has 1 aliphatic rings. The maximum Gasteiger partial charge on any atom is 0.240 e. The highest BCUT2D eigenvalue weighted by molar-refractivity contribution is 7.89. The summed E-state index contributed by atoms with van der Waals surface area (Å²) in [6.45, 7) is 2.42. The highest BCUT2D eigenvalue weighted by Crippen LogP contribution is 2.39. The topological polar surface area (TPSA) is 72.2 Å². The fourth-order valence-electron chi connectivity index (χ4n) is 2.05. The van der Waals surface area contributed by atoms with Crippen LogP contribution in [0.4, 0.5) is 10.1 Å². The molecule has 6 heteroatoms. The lowest BCUT2D eigenvalue weighted by Crippen LogP contribution is -2.39. The van der Waals surface area contributed by atoms with E-state index in [0.29, 0.717) is 6.54 Å². The van der Waals surface area contributed by atoms with Gasteiger partial charge in [-0.05, 0) is 36.5 Å². The minimum absolute atomic E-state index is 0.0337. The van der Waals surface area contributed by atoms with Gasteiger partial charge >= 0.3 is 0 Å². The van der Waals surface area contributed by atoms with E-state index in [1.165, 1.54) is 6.07 Å². The summed E-state index contributed by atoms with van der Waals surface area (Å²) in [5, 5.41) is 0. The molecule has 0 heterocycles. The van der Waals surface area contributed by atoms with Crippen LogP contribution in [0.3, 0.4) is 0 Å². The van der Waals surface area contributed by atoms with Crippen molar-refractivity contribution < 1.29 is 12.8 Å². The Labute approximate surface area is 106 Å². The summed E-state index contributed by atoms with van der Waals surface area (Å²) in [4.78, 5) is -0.122. The van der Waals surface area contributed by atoms with Gasteiger partial charge in [0.05, 0.1) is 4.90 Å². The predicted molar refractivity (Wildman–Crippen MR) is 68.0 cm³/mol. The summed E-state index contributed by atoms with van der Waals surface area (Å²) in [6, 6.07) is 3.32. The maximum atomic E-state index is 13.1. The number of nitrogens with one attached hydrogen (secondary N) is 1. The molecule has 100 valence electrons. The third kappa shape index (κ3) is 2.81. The van der Waals surface area contributed by atoms with Crippen molar-refractivity contribution in [1.82, 2.24) is 4.72 Å². The predicted octanol–water partition coefficient (Wildman–Crippen LogP) is 1.88. The van der Waals surface area contributed by atoms with Crippen molar-refractivity contribution in [2.24, 2.45) is 5.41 Å². The van der Waals surface area contributed by atoms with Crippen molar-refractivity contribution in [3.05, 3.63) is 24.0 Å². The molecule has 1 saturated carbocycles. The van der Waals surface area contributed by atoms with Crippen LogP contribution >= 0.6 is 0 Å². The average molecular weight is 272 g/mol. The molecular weight excluding hydrogens is 255 g/mol. The number of halogens is 1. The van der Waals surface area contributed by atoms with Gasteiger partial charge < -0.3 is 5.73 Å². The lowest BCUT2D eigenvalue weighted by molar-refractivity contribution is 0.166. The van der Waals surface area contributed by atoms with E-state index in [4.69, 9.17) is 5.73 Å². The maximum absolute atomic E-state index is 13.1. The fourth-order valence-corrected chi connectivity index (χ4v) is 3.31. The van der Waals surface area contributed by atoms with Gasteiger partial charge in [-0.3, -0.25) is 0 Å². The normalized spacial score (nSPS) is 18.3. The summed E-state index contributed by atoms with van der Waals surface area (Å²) in [6.07, 6.45) is 3.16. The first-order valence-electron chi connectivity index (χ1n) is 5.87. The van der Waals surface area contributed by atoms with Crippen molar-refractivity contribution in [1.29, 1.82) is 0 Å². The van der Waals surface area contributed by atoms with Crippen molar-refractivity contribution in [2.45, 2.75) is 31.1 Å². The van der Waals surface area contributed by atoms with E-state index >= 15 is 0 Å². The van der Waals surface area contributed by atoms with E-state index < -0.39 is 15.8 Å². The van der Waals surface area contributed by atoms with Crippen LogP contribution in [0.5, 0.6) is 0 Å². The molecule has 1 aromatic carbocycles. The number of rotatable bonds is 4. The molecule has 1 aliphatic carbocycles. The summed E-state index contributed by atoms with van der Waals surface area (Å²) in [5.74, 6) is -0.648. The molecule has 0 radical (unpaired) electrons. The van der Waals surface area contributed by atoms with Gasteiger partial charge in [-0.2, -0.15) is 0 Å². The van der Waals surface area contributed by atoms with Crippen LogP contribution in [0.15, 0.2) is 23.1 Å². The number of benzene rings is 1. The van der Waals surface area contributed by atoms with Crippen LogP contribution in [-0.4, -0.2) is 15.0 Å². The quantitative estimate of drug-likeness (QED) is 0.822. The Morgan fingerprint density at radius 3 is 2.56 bits per heavy atom. The molecule has 0 amide bonds. The van der Waals surface area contributed by atoms with Crippen LogP contribution in [0.2, 0.25) is 0 Å². The molecule has 0 bridgehead atoms. The lowest BCUT2D eigenvalue weighted by Gasteiger charge is -2.38. The lowest BCUT2D eigenvalue weighted by atomic mass is 9.71. The molecule has 3 N–H and O–H groups in total. The van der Waals surface area contributed by atoms with Crippen LogP contribution in [0, 0.1) is 11.2 Å². The third-order valence-corrected chi connectivity index (χ3v) is 4.83. The third-order valence-electron chi connectivity index (χ3n) is 3.45. The molecule has 0 atom stereocenters. The van der Waals surface area contributed by atoms with Crippen LogP contribution in [0.25, 0.3) is 0 Å². The van der Waals surface area contributed by atoms with E-state index in [-0.39, 0.29) is 16.0 Å². The molecule has 1 aromatic rings. The van der Waals surface area contributed by atoms with Gasteiger partial charge in [0.15, 0.2) is 0 Å². The molecule has 0 saturated heterocycles. The van der Waals surface area contributed by atoms with E-state index in [1.807, 2.05) is 6.92 Å². The first-order chi connectivity index (χ1) is 8.31. The Bertz CT molecular complexity index is 533. The monoisotopic (exact) mass is 272 g/mol. The second-order valence-corrected chi connectivity index (χ2v) is 6.98. The molecule has 0 aromatic heterocycles. The van der Waals surface area contributed by atoms with Crippen molar-refractivity contribution in [3.8, 4) is 0 Å². The first-order valence-corrected chi connectivity index (χ1v) is 7.35.